The van der Waals surface area contributed by atoms with Crippen molar-refractivity contribution in [1.82, 2.24) is 4.98 Å². The van der Waals surface area contributed by atoms with Crippen molar-refractivity contribution in [1.29, 1.82) is 0 Å². The molecule has 0 saturated carbocycles. The minimum atomic E-state index is -0.0182. The average molecular weight is 271 g/mol. The zero-order valence-electron chi connectivity index (χ0n) is 11.8. The standard InChI is InChI=1S/C16H17NO3/c1-11-8-14(19-3)9-13(17-11)10-20-16-7-5-4-6-15(16)12(2)18/h4-9H,10H2,1-3H3. The Balaban J connectivity index is 2.17. The number of pyridine rings is 1. The van der Waals surface area contributed by atoms with Crippen molar-refractivity contribution in [2.75, 3.05) is 7.11 Å². The number of ether oxygens (including phenoxy) is 2. The van der Waals surface area contributed by atoms with Crippen LogP contribution in [-0.2, 0) is 6.61 Å². The molecular formula is C16H17NO3. The van der Waals surface area contributed by atoms with Gasteiger partial charge >= 0.3 is 0 Å². The van der Waals surface area contributed by atoms with Gasteiger partial charge in [0.25, 0.3) is 0 Å². The Labute approximate surface area is 118 Å². The Bertz CT molecular complexity index is 623. The van der Waals surface area contributed by atoms with Gasteiger partial charge in [-0.2, -0.15) is 0 Å². The number of nitrogens with zero attached hydrogens (tertiary/aromatic N) is 1. The van der Waals surface area contributed by atoms with Crippen molar-refractivity contribution in [3.8, 4) is 11.5 Å². The lowest BCUT2D eigenvalue weighted by molar-refractivity contribution is 0.101. The van der Waals surface area contributed by atoms with Crippen LogP contribution < -0.4 is 9.47 Å². The molecule has 0 amide bonds. The van der Waals surface area contributed by atoms with Gasteiger partial charge in [-0.05, 0) is 26.0 Å². The van der Waals surface area contributed by atoms with Crippen LogP contribution in [0.15, 0.2) is 36.4 Å². The topological polar surface area (TPSA) is 48.4 Å². The van der Waals surface area contributed by atoms with E-state index < -0.39 is 0 Å². The maximum Gasteiger partial charge on any atom is 0.163 e. The molecule has 1 aromatic heterocycles. The third-order valence-corrected chi connectivity index (χ3v) is 2.86. The van der Waals surface area contributed by atoms with Crippen LogP contribution in [0.25, 0.3) is 0 Å². The maximum absolute atomic E-state index is 11.5. The summed E-state index contributed by atoms with van der Waals surface area (Å²) in [5, 5.41) is 0. The fourth-order valence-electron chi connectivity index (χ4n) is 1.93. The quantitative estimate of drug-likeness (QED) is 0.784. The molecule has 4 heteroatoms. The fourth-order valence-corrected chi connectivity index (χ4v) is 1.93. The number of para-hydroxylation sites is 1. The van der Waals surface area contributed by atoms with Gasteiger partial charge in [0.1, 0.15) is 18.1 Å². The molecule has 2 rings (SSSR count). The molecule has 0 bridgehead atoms. The molecule has 0 aliphatic rings. The molecule has 0 aliphatic heterocycles. The first-order valence-corrected chi connectivity index (χ1v) is 6.34. The molecule has 1 heterocycles. The third kappa shape index (κ3) is 3.35. The number of ketones is 1. The van der Waals surface area contributed by atoms with Gasteiger partial charge in [-0.1, -0.05) is 12.1 Å². The van der Waals surface area contributed by atoms with Gasteiger partial charge in [0.2, 0.25) is 0 Å². The second-order valence-corrected chi connectivity index (χ2v) is 4.48. The van der Waals surface area contributed by atoms with Gasteiger partial charge in [-0.25, -0.2) is 0 Å². The third-order valence-electron chi connectivity index (χ3n) is 2.86. The number of aromatic nitrogens is 1. The summed E-state index contributed by atoms with van der Waals surface area (Å²) >= 11 is 0. The van der Waals surface area contributed by atoms with E-state index in [-0.39, 0.29) is 5.78 Å². The summed E-state index contributed by atoms with van der Waals surface area (Å²) < 4.78 is 10.9. The Hall–Kier alpha value is -2.36. The van der Waals surface area contributed by atoms with E-state index >= 15 is 0 Å². The number of aryl methyl sites for hydroxylation is 1. The van der Waals surface area contributed by atoms with Gasteiger partial charge in [0.15, 0.2) is 5.78 Å². The molecule has 4 nitrogen and oxygen atoms in total. The average Bonchev–Trinajstić information content (AvgIpc) is 2.44. The lowest BCUT2D eigenvalue weighted by Gasteiger charge is -2.10. The van der Waals surface area contributed by atoms with Crippen molar-refractivity contribution >= 4 is 5.78 Å². The Morgan fingerprint density at radius 2 is 2.00 bits per heavy atom. The predicted octanol–water partition coefficient (Wildman–Crippen LogP) is 3.18. The molecule has 0 saturated heterocycles. The van der Waals surface area contributed by atoms with Gasteiger partial charge < -0.3 is 9.47 Å². The van der Waals surface area contributed by atoms with E-state index in [9.17, 15) is 4.79 Å². The number of benzene rings is 1. The highest BCUT2D eigenvalue weighted by atomic mass is 16.5. The first kappa shape index (κ1) is 14.1. The van der Waals surface area contributed by atoms with E-state index in [1.165, 1.54) is 6.92 Å². The molecule has 0 spiro atoms. The van der Waals surface area contributed by atoms with Crippen molar-refractivity contribution in [3.05, 3.63) is 53.3 Å². The van der Waals surface area contributed by atoms with Gasteiger partial charge in [-0.3, -0.25) is 9.78 Å². The molecule has 0 unspecified atom stereocenters. The number of Topliss-reactive ketones (excluding diaryl/α,β-unsaturated/α-hetero) is 1. The van der Waals surface area contributed by atoms with Crippen LogP contribution in [0.4, 0.5) is 0 Å². The fraction of sp³-hybridized carbons (Fsp3) is 0.250. The zero-order chi connectivity index (χ0) is 14.5. The van der Waals surface area contributed by atoms with E-state index in [1.807, 2.05) is 31.2 Å². The minimum absolute atomic E-state index is 0.0182. The van der Waals surface area contributed by atoms with E-state index in [1.54, 1.807) is 19.2 Å². The highest BCUT2D eigenvalue weighted by molar-refractivity contribution is 5.96. The lowest BCUT2D eigenvalue weighted by Crippen LogP contribution is -2.03. The van der Waals surface area contributed by atoms with Crippen molar-refractivity contribution in [2.24, 2.45) is 0 Å². The first-order chi connectivity index (χ1) is 9.60. The molecule has 0 radical (unpaired) electrons. The summed E-state index contributed by atoms with van der Waals surface area (Å²) in [4.78, 5) is 15.9. The minimum Gasteiger partial charge on any atom is -0.497 e. The Morgan fingerprint density at radius 3 is 2.70 bits per heavy atom. The van der Waals surface area contributed by atoms with E-state index in [0.717, 1.165) is 17.1 Å². The van der Waals surface area contributed by atoms with Crippen molar-refractivity contribution in [2.45, 2.75) is 20.5 Å². The van der Waals surface area contributed by atoms with Crippen LogP contribution in [0.5, 0.6) is 11.5 Å². The van der Waals surface area contributed by atoms with Gasteiger partial charge in [0, 0.05) is 17.8 Å². The summed E-state index contributed by atoms with van der Waals surface area (Å²) in [6.45, 7) is 3.72. The van der Waals surface area contributed by atoms with Gasteiger partial charge in [0.05, 0.1) is 18.4 Å². The molecule has 1 aromatic carbocycles. The molecule has 0 atom stereocenters. The monoisotopic (exact) mass is 271 g/mol. The second kappa shape index (κ2) is 6.19. The Morgan fingerprint density at radius 1 is 1.25 bits per heavy atom. The molecule has 0 N–H and O–H groups in total. The molecule has 0 fully saturated rings. The van der Waals surface area contributed by atoms with Crippen LogP contribution in [0, 0.1) is 6.92 Å². The van der Waals surface area contributed by atoms with Crippen LogP contribution >= 0.6 is 0 Å². The summed E-state index contributed by atoms with van der Waals surface area (Å²) in [7, 11) is 1.62. The number of methoxy groups -OCH3 is 1. The number of carbonyl (C=O) groups is 1. The number of rotatable bonds is 5. The molecule has 2 aromatic rings. The summed E-state index contributed by atoms with van der Waals surface area (Å²) in [5.74, 6) is 1.30. The lowest BCUT2D eigenvalue weighted by atomic mass is 10.1. The number of hydrogen-bond acceptors (Lipinski definition) is 4. The smallest absolute Gasteiger partial charge is 0.163 e. The molecule has 20 heavy (non-hydrogen) atoms. The van der Waals surface area contributed by atoms with Crippen LogP contribution in [-0.4, -0.2) is 17.9 Å². The van der Waals surface area contributed by atoms with Crippen LogP contribution in [0.2, 0.25) is 0 Å². The largest absolute Gasteiger partial charge is 0.497 e. The normalized spacial score (nSPS) is 10.2. The van der Waals surface area contributed by atoms with Crippen LogP contribution in [0.3, 0.4) is 0 Å². The predicted molar refractivity (Wildman–Crippen MR) is 76.3 cm³/mol. The van der Waals surface area contributed by atoms with Gasteiger partial charge in [-0.15, -0.1) is 0 Å². The highest BCUT2D eigenvalue weighted by Crippen LogP contribution is 2.20. The molecule has 104 valence electrons. The Kier molecular flexibility index (Phi) is 4.35. The van der Waals surface area contributed by atoms with Crippen molar-refractivity contribution < 1.29 is 14.3 Å². The van der Waals surface area contributed by atoms with Crippen LogP contribution in [0.1, 0.15) is 28.7 Å². The second-order valence-electron chi connectivity index (χ2n) is 4.48. The summed E-state index contributed by atoms with van der Waals surface area (Å²) in [5.41, 5.74) is 2.20. The SMILES string of the molecule is COc1cc(C)nc(COc2ccccc2C(C)=O)c1. The van der Waals surface area contributed by atoms with E-state index in [0.29, 0.717) is 17.9 Å². The van der Waals surface area contributed by atoms with Crippen molar-refractivity contribution in [3.63, 3.8) is 0 Å². The zero-order valence-corrected chi connectivity index (χ0v) is 11.8. The highest BCUT2D eigenvalue weighted by Gasteiger charge is 2.08. The summed E-state index contributed by atoms with van der Waals surface area (Å²) in [6.07, 6.45) is 0. The molecule has 0 aliphatic carbocycles. The summed E-state index contributed by atoms with van der Waals surface area (Å²) in [6, 6.07) is 10.9. The van der Waals surface area contributed by atoms with E-state index in [2.05, 4.69) is 4.98 Å². The van der Waals surface area contributed by atoms with E-state index in [4.69, 9.17) is 9.47 Å². The number of carbonyl (C=O) groups excluding carboxylic acids is 1. The number of hydrogen-bond donors (Lipinski definition) is 0. The molecular weight excluding hydrogens is 254 g/mol. The maximum atomic E-state index is 11.5. The first-order valence-electron chi connectivity index (χ1n) is 6.34.